The molecule has 0 fully saturated rings. The lowest BCUT2D eigenvalue weighted by atomic mass is 10.1. The lowest BCUT2D eigenvalue weighted by Crippen LogP contribution is -1.92. The van der Waals surface area contributed by atoms with E-state index in [4.69, 9.17) is 5.73 Å². The monoisotopic (exact) mass is 205 g/mol. The van der Waals surface area contributed by atoms with Crippen LogP contribution in [0.5, 0.6) is 0 Å². The Labute approximate surface area is 87.3 Å². The minimum absolute atomic E-state index is 0.325. The number of nitrogens with two attached hydrogens (primary N) is 1. The molecule has 78 valence electrons. The summed E-state index contributed by atoms with van der Waals surface area (Å²) >= 11 is 0. The van der Waals surface area contributed by atoms with E-state index >= 15 is 0 Å². The predicted octanol–water partition coefficient (Wildman–Crippen LogP) is 2.29. The van der Waals surface area contributed by atoms with Crippen molar-refractivity contribution in [2.24, 2.45) is 0 Å². The Bertz CT molecular complexity index is 456. The van der Waals surface area contributed by atoms with Crippen molar-refractivity contribution in [1.29, 1.82) is 0 Å². The van der Waals surface area contributed by atoms with E-state index in [2.05, 4.69) is 5.10 Å². The third-order valence-corrected chi connectivity index (χ3v) is 2.21. The lowest BCUT2D eigenvalue weighted by Gasteiger charge is -1.99. The molecule has 3 nitrogen and oxygen atoms in total. The van der Waals surface area contributed by atoms with Gasteiger partial charge in [0.25, 0.3) is 0 Å². The van der Waals surface area contributed by atoms with Crippen molar-refractivity contribution in [3.63, 3.8) is 0 Å². The van der Waals surface area contributed by atoms with Crippen LogP contribution < -0.4 is 5.73 Å². The summed E-state index contributed by atoms with van der Waals surface area (Å²) in [7, 11) is 0. The highest BCUT2D eigenvalue weighted by atomic mass is 19.1. The molecule has 0 aliphatic rings. The first-order valence-electron chi connectivity index (χ1n) is 4.78. The Morgan fingerprint density at radius 3 is 2.73 bits per heavy atom. The number of hydrogen-bond acceptors (Lipinski definition) is 2. The first-order valence-corrected chi connectivity index (χ1v) is 4.78. The molecule has 15 heavy (non-hydrogen) atoms. The number of anilines is 1. The summed E-state index contributed by atoms with van der Waals surface area (Å²) in [5.74, 6) is -0.325. The maximum atomic E-state index is 13.1. The van der Waals surface area contributed by atoms with E-state index in [-0.39, 0.29) is 5.82 Å². The SMILES string of the molecule is CCn1cc(-c2cc(N)cc(F)c2)cn1. The molecule has 2 rings (SSSR count). The largest absolute Gasteiger partial charge is 0.399 e. The molecule has 0 amide bonds. The van der Waals surface area contributed by atoms with Gasteiger partial charge in [0.15, 0.2) is 0 Å². The van der Waals surface area contributed by atoms with E-state index in [0.717, 1.165) is 17.7 Å². The number of aromatic nitrogens is 2. The number of hydrogen-bond donors (Lipinski definition) is 1. The van der Waals surface area contributed by atoms with Crippen molar-refractivity contribution in [3.8, 4) is 11.1 Å². The Hall–Kier alpha value is -1.84. The minimum atomic E-state index is -0.325. The third-order valence-electron chi connectivity index (χ3n) is 2.21. The van der Waals surface area contributed by atoms with Crippen molar-refractivity contribution in [1.82, 2.24) is 9.78 Å². The molecule has 0 aliphatic heterocycles. The van der Waals surface area contributed by atoms with Crippen LogP contribution in [0.4, 0.5) is 10.1 Å². The summed E-state index contributed by atoms with van der Waals surface area (Å²) in [5, 5.41) is 4.12. The molecule has 2 N–H and O–H groups in total. The molecule has 4 heteroatoms. The summed E-state index contributed by atoms with van der Waals surface area (Å²) in [4.78, 5) is 0. The van der Waals surface area contributed by atoms with Gasteiger partial charge in [-0.2, -0.15) is 5.10 Å². The fraction of sp³-hybridized carbons (Fsp3) is 0.182. The highest BCUT2D eigenvalue weighted by Gasteiger charge is 2.03. The zero-order chi connectivity index (χ0) is 10.8. The number of rotatable bonds is 2. The van der Waals surface area contributed by atoms with Gasteiger partial charge < -0.3 is 5.73 Å². The van der Waals surface area contributed by atoms with Crippen molar-refractivity contribution in [3.05, 3.63) is 36.4 Å². The highest BCUT2D eigenvalue weighted by molar-refractivity contribution is 5.66. The predicted molar refractivity (Wildman–Crippen MR) is 57.7 cm³/mol. The lowest BCUT2D eigenvalue weighted by molar-refractivity contribution is 0.629. The molecule has 0 spiro atoms. The van der Waals surface area contributed by atoms with Crippen LogP contribution in [0.3, 0.4) is 0 Å². The molecule has 1 aromatic carbocycles. The molecule has 0 radical (unpaired) electrons. The second-order valence-corrected chi connectivity index (χ2v) is 3.36. The standard InChI is InChI=1S/C11H12FN3/c1-2-15-7-9(6-14-15)8-3-10(12)5-11(13)4-8/h3-7H,2,13H2,1H3. The van der Waals surface area contributed by atoms with Crippen LogP contribution in [0.25, 0.3) is 11.1 Å². The van der Waals surface area contributed by atoms with Crippen molar-refractivity contribution in [2.45, 2.75) is 13.5 Å². The second kappa shape index (κ2) is 3.73. The maximum absolute atomic E-state index is 13.1. The van der Waals surface area contributed by atoms with E-state index in [1.54, 1.807) is 16.9 Å². The van der Waals surface area contributed by atoms with Gasteiger partial charge in [-0.25, -0.2) is 4.39 Å². The molecule has 0 aliphatic carbocycles. The van der Waals surface area contributed by atoms with Crippen LogP contribution in [0.2, 0.25) is 0 Å². The molecule has 1 aromatic heterocycles. The average Bonchev–Trinajstić information content (AvgIpc) is 2.64. The molecule has 0 bridgehead atoms. The van der Waals surface area contributed by atoms with E-state index in [9.17, 15) is 4.39 Å². The van der Waals surface area contributed by atoms with Crippen LogP contribution >= 0.6 is 0 Å². The number of halogens is 1. The molecular weight excluding hydrogens is 193 g/mol. The van der Waals surface area contributed by atoms with Gasteiger partial charge in [0.1, 0.15) is 5.82 Å². The normalized spacial score (nSPS) is 10.5. The smallest absolute Gasteiger partial charge is 0.125 e. The molecular formula is C11H12FN3. The van der Waals surface area contributed by atoms with Gasteiger partial charge in [-0.05, 0) is 30.7 Å². The van der Waals surface area contributed by atoms with Crippen LogP contribution in [-0.2, 0) is 6.54 Å². The summed E-state index contributed by atoms with van der Waals surface area (Å²) in [6.07, 6.45) is 3.58. The number of benzene rings is 1. The van der Waals surface area contributed by atoms with Gasteiger partial charge in [0.05, 0.1) is 6.20 Å². The first-order chi connectivity index (χ1) is 7.19. The molecule has 2 aromatic rings. The van der Waals surface area contributed by atoms with Gasteiger partial charge >= 0.3 is 0 Å². The Kier molecular flexibility index (Phi) is 2.41. The Morgan fingerprint density at radius 1 is 1.33 bits per heavy atom. The summed E-state index contributed by atoms with van der Waals surface area (Å²) in [5.41, 5.74) is 7.63. The summed E-state index contributed by atoms with van der Waals surface area (Å²) in [6.45, 7) is 2.79. The van der Waals surface area contributed by atoms with Gasteiger partial charge in [-0.1, -0.05) is 0 Å². The van der Waals surface area contributed by atoms with Crippen molar-refractivity contribution in [2.75, 3.05) is 5.73 Å². The molecule has 1 heterocycles. The van der Waals surface area contributed by atoms with Gasteiger partial charge in [-0.3, -0.25) is 4.68 Å². The van der Waals surface area contributed by atoms with Crippen LogP contribution in [0, 0.1) is 5.82 Å². The first kappa shape index (κ1) is 9.71. The van der Waals surface area contributed by atoms with E-state index in [1.165, 1.54) is 12.1 Å². The van der Waals surface area contributed by atoms with E-state index < -0.39 is 0 Å². The summed E-state index contributed by atoms with van der Waals surface area (Å²) < 4.78 is 14.9. The quantitative estimate of drug-likeness (QED) is 0.764. The molecule has 0 unspecified atom stereocenters. The van der Waals surface area contributed by atoms with Crippen LogP contribution in [0.1, 0.15) is 6.92 Å². The fourth-order valence-electron chi connectivity index (χ4n) is 1.46. The highest BCUT2D eigenvalue weighted by Crippen LogP contribution is 2.22. The van der Waals surface area contributed by atoms with Crippen LogP contribution in [-0.4, -0.2) is 9.78 Å². The van der Waals surface area contributed by atoms with Gasteiger partial charge in [0.2, 0.25) is 0 Å². The average molecular weight is 205 g/mol. The van der Waals surface area contributed by atoms with Gasteiger partial charge in [0, 0.05) is 24.0 Å². The Balaban J connectivity index is 2.44. The zero-order valence-electron chi connectivity index (χ0n) is 8.44. The topological polar surface area (TPSA) is 43.8 Å². The fourth-order valence-corrected chi connectivity index (χ4v) is 1.46. The van der Waals surface area contributed by atoms with Crippen molar-refractivity contribution < 1.29 is 4.39 Å². The van der Waals surface area contributed by atoms with E-state index in [1.807, 2.05) is 13.1 Å². The number of aryl methyl sites for hydroxylation is 1. The minimum Gasteiger partial charge on any atom is -0.399 e. The van der Waals surface area contributed by atoms with Crippen LogP contribution in [0.15, 0.2) is 30.6 Å². The zero-order valence-corrected chi connectivity index (χ0v) is 8.44. The molecule has 0 saturated heterocycles. The summed E-state index contributed by atoms with van der Waals surface area (Å²) in [6, 6.07) is 4.49. The molecule has 0 saturated carbocycles. The molecule has 0 atom stereocenters. The van der Waals surface area contributed by atoms with Crippen molar-refractivity contribution >= 4 is 5.69 Å². The Morgan fingerprint density at radius 2 is 2.13 bits per heavy atom. The maximum Gasteiger partial charge on any atom is 0.125 e. The van der Waals surface area contributed by atoms with Gasteiger partial charge in [-0.15, -0.1) is 0 Å². The second-order valence-electron chi connectivity index (χ2n) is 3.36. The number of nitrogens with zero attached hydrogens (tertiary/aromatic N) is 2. The number of nitrogen functional groups attached to an aromatic ring is 1. The van der Waals surface area contributed by atoms with E-state index in [0.29, 0.717) is 5.69 Å². The third kappa shape index (κ3) is 1.98.